The SMILES string of the molecule is CC(C)CC(C)(C)CNC(=O)NCC(C)(O)c1ccco1. The minimum Gasteiger partial charge on any atom is -0.466 e. The molecule has 0 spiro atoms. The Bertz CT molecular complexity index is 436. The van der Waals surface area contributed by atoms with Gasteiger partial charge in [0.25, 0.3) is 0 Å². The summed E-state index contributed by atoms with van der Waals surface area (Å²) in [5.74, 6) is 1.02. The van der Waals surface area contributed by atoms with Crippen molar-refractivity contribution in [3.8, 4) is 0 Å². The number of carbonyl (C=O) groups excluding carboxylic acids is 1. The molecule has 1 heterocycles. The van der Waals surface area contributed by atoms with Crippen LogP contribution in [0.2, 0.25) is 0 Å². The first-order valence-corrected chi connectivity index (χ1v) is 7.40. The zero-order valence-electron chi connectivity index (χ0n) is 13.7. The third kappa shape index (κ3) is 6.21. The summed E-state index contributed by atoms with van der Waals surface area (Å²) < 4.78 is 5.17. The molecule has 3 N–H and O–H groups in total. The van der Waals surface area contributed by atoms with Crippen LogP contribution in [0.3, 0.4) is 0 Å². The lowest BCUT2D eigenvalue weighted by Crippen LogP contribution is -2.45. The molecule has 0 aliphatic heterocycles. The van der Waals surface area contributed by atoms with Crippen molar-refractivity contribution in [2.75, 3.05) is 13.1 Å². The molecule has 5 heteroatoms. The molecular formula is C16H28N2O3. The van der Waals surface area contributed by atoms with Gasteiger partial charge in [-0.2, -0.15) is 0 Å². The quantitative estimate of drug-likeness (QED) is 0.724. The van der Waals surface area contributed by atoms with Gasteiger partial charge in [0.1, 0.15) is 11.4 Å². The molecule has 120 valence electrons. The predicted molar refractivity (Wildman–Crippen MR) is 82.9 cm³/mol. The topological polar surface area (TPSA) is 74.5 Å². The van der Waals surface area contributed by atoms with Crippen LogP contribution in [0.5, 0.6) is 0 Å². The standard InChI is InChI=1S/C16H28N2O3/c1-12(2)9-15(3,4)10-17-14(19)18-11-16(5,20)13-7-6-8-21-13/h6-8,12,20H,9-11H2,1-5H3,(H2,17,18,19). The molecule has 0 aromatic carbocycles. The molecule has 0 saturated heterocycles. The van der Waals surface area contributed by atoms with Crippen LogP contribution in [0, 0.1) is 11.3 Å². The molecule has 0 fully saturated rings. The fraction of sp³-hybridized carbons (Fsp3) is 0.688. The first-order valence-electron chi connectivity index (χ1n) is 7.40. The number of carbonyl (C=O) groups is 1. The van der Waals surface area contributed by atoms with E-state index in [1.807, 2.05) is 0 Å². The zero-order valence-corrected chi connectivity index (χ0v) is 13.7. The molecular weight excluding hydrogens is 268 g/mol. The minimum absolute atomic E-state index is 0.0506. The van der Waals surface area contributed by atoms with Crippen molar-refractivity contribution in [2.45, 2.75) is 46.6 Å². The van der Waals surface area contributed by atoms with E-state index in [0.717, 1.165) is 6.42 Å². The summed E-state index contributed by atoms with van der Waals surface area (Å²) in [6.07, 6.45) is 2.54. The highest BCUT2D eigenvalue weighted by Gasteiger charge is 2.27. The smallest absolute Gasteiger partial charge is 0.314 e. The van der Waals surface area contributed by atoms with Crippen LogP contribution >= 0.6 is 0 Å². The summed E-state index contributed by atoms with van der Waals surface area (Å²) in [6.45, 7) is 10.9. The lowest BCUT2D eigenvalue weighted by atomic mass is 9.84. The number of amides is 2. The molecule has 1 aromatic heterocycles. The van der Waals surface area contributed by atoms with Crippen LogP contribution in [0.25, 0.3) is 0 Å². The van der Waals surface area contributed by atoms with Crippen LogP contribution < -0.4 is 10.6 Å². The van der Waals surface area contributed by atoms with Crippen LogP contribution in [0.4, 0.5) is 4.79 Å². The monoisotopic (exact) mass is 296 g/mol. The van der Waals surface area contributed by atoms with Gasteiger partial charge in [0.05, 0.1) is 12.8 Å². The summed E-state index contributed by atoms with van der Waals surface area (Å²) in [5.41, 5.74) is -1.16. The molecule has 0 radical (unpaired) electrons. The van der Waals surface area contributed by atoms with Crippen molar-refractivity contribution in [1.29, 1.82) is 0 Å². The molecule has 1 rings (SSSR count). The van der Waals surface area contributed by atoms with Gasteiger partial charge in [-0.15, -0.1) is 0 Å². The Kier molecular flexibility index (Phi) is 5.84. The fourth-order valence-corrected chi connectivity index (χ4v) is 2.48. The first-order chi connectivity index (χ1) is 9.62. The predicted octanol–water partition coefficient (Wildman–Crippen LogP) is 2.86. The molecule has 0 saturated carbocycles. The van der Waals surface area contributed by atoms with Crippen molar-refractivity contribution in [3.63, 3.8) is 0 Å². The second-order valence-electron chi connectivity index (χ2n) is 7.05. The van der Waals surface area contributed by atoms with Crippen LogP contribution in [0.15, 0.2) is 22.8 Å². The Balaban J connectivity index is 2.38. The third-order valence-electron chi connectivity index (χ3n) is 3.33. The average molecular weight is 296 g/mol. The Morgan fingerprint density at radius 3 is 2.43 bits per heavy atom. The third-order valence-corrected chi connectivity index (χ3v) is 3.33. The number of nitrogens with one attached hydrogen (secondary N) is 2. The van der Waals surface area contributed by atoms with Gasteiger partial charge in [-0.25, -0.2) is 4.79 Å². The first kappa shape index (κ1) is 17.6. The second kappa shape index (κ2) is 6.98. The molecule has 0 bridgehead atoms. The van der Waals surface area contributed by atoms with Crippen molar-refractivity contribution in [2.24, 2.45) is 11.3 Å². The molecule has 0 aliphatic carbocycles. The second-order valence-corrected chi connectivity index (χ2v) is 7.05. The number of urea groups is 1. The lowest BCUT2D eigenvalue weighted by molar-refractivity contribution is 0.0366. The van der Waals surface area contributed by atoms with Crippen LogP contribution in [0.1, 0.15) is 46.8 Å². The Labute approximate surface area is 127 Å². The molecule has 5 nitrogen and oxygen atoms in total. The summed E-state index contributed by atoms with van der Waals surface area (Å²) in [4.78, 5) is 11.8. The van der Waals surface area contributed by atoms with Gasteiger partial charge in [-0.05, 0) is 36.8 Å². The summed E-state index contributed by atoms with van der Waals surface area (Å²) in [6, 6.07) is 3.11. The molecule has 1 aromatic rings. The van der Waals surface area contributed by atoms with Crippen molar-refractivity contribution >= 4 is 6.03 Å². The van der Waals surface area contributed by atoms with E-state index >= 15 is 0 Å². The highest BCUT2D eigenvalue weighted by molar-refractivity contribution is 5.73. The number of furan rings is 1. The number of hydrogen-bond acceptors (Lipinski definition) is 3. The van der Waals surface area contributed by atoms with Gasteiger partial charge in [0, 0.05) is 6.54 Å². The van der Waals surface area contributed by atoms with Crippen LogP contribution in [-0.2, 0) is 5.60 Å². The molecule has 1 unspecified atom stereocenters. The van der Waals surface area contributed by atoms with Crippen molar-refractivity contribution < 1.29 is 14.3 Å². The Morgan fingerprint density at radius 2 is 1.90 bits per heavy atom. The van der Waals surface area contributed by atoms with Gasteiger partial charge in [0.2, 0.25) is 0 Å². The summed E-state index contributed by atoms with van der Waals surface area (Å²) in [7, 11) is 0. The van der Waals surface area contributed by atoms with E-state index in [1.165, 1.54) is 6.26 Å². The maximum Gasteiger partial charge on any atom is 0.314 e. The maximum absolute atomic E-state index is 11.8. The number of hydrogen-bond donors (Lipinski definition) is 3. The van der Waals surface area contributed by atoms with E-state index in [1.54, 1.807) is 19.1 Å². The Hall–Kier alpha value is -1.49. The number of aliphatic hydroxyl groups is 1. The normalized spacial score (nSPS) is 14.8. The molecule has 2 amide bonds. The summed E-state index contributed by atoms with van der Waals surface area (Å²) in [5, 5.41) is 15.8. The van der Waals surface area contributed by atoms with E-state index in [-0.39, 0.29) is 18.0 Å². The minimum atomic E-state index is -1.21. The summed E-state index contributed by atoms with van der Waals surface area (Å²) >= 11 is 0. The van der Waals surface area contributed by atoms with Gasteiger partial charge in [-0.3, -0.25) is 0 Å². The highest BCUT2D eigenvalue weighted by Crippen LogP contribution is 2.24. The Morgan fingerprint density at radius 1 is 1.29 bits per heavy atom. The molecule has 21 heavy (non-hydrogen) atoms. The highest BCUT2D eigenvalue weighted by atomic mass is 16.4. The van der Waals surface area contributed by atoms with E-state index in [2.05, 4.69) is 38.3 Å². The van der Waals surface area contributed by atoms with E-state index in [4.69, 9.17) is 4.42 Å². The average Bonchev–Trinajstić information content (AvgIpc) is 2.87. The van der Waals surface area contributed by atoms with Gasteiger partial charge >= 0.3 is 6.03 Å². The van der Waals surface area contributed by atoms with Crippen molar-refractivity contribution in [3.05, 3.63) is 24.2 Å². The van der Waals surface area contributed by atoms with E-state index in [0.29, 0.717) is 18.2 Å². The van der Waals surface area contributed by atoms with Gasteiger partial charge in [-0.1, -0.05) is 27.7 Å². The fourth-order valence-electron chi connectivity index (χ4n) is 2.48. The molecule has 1 atom stereocenters. The van der Waals surface area contributed by atoms with Crippen LogP contribution in [-0.4, -0.2) is 24.2 Å². The molecule has 0 aliphatic rings. The lowest BCUT2D eigenvalue weighted by Gasteiger charge is -2.27. The largest absolute Gasteiger partial charge is 0.466 e. The number of rotatable bonds is 7. The zero-order chi connectivity index (χ0) is 16.1. The van der Waals surface area contributed by atoms with E-state index in [9.17, 15) is 9.90 Å². The van der Waals surface area contributed by atoms with E-state index < -0.39 is 5.60 Å². The van der Waals surface area contributed by atoms with Gasteiger partial charge in [0.15, 0.2) is 0 Å². The van der Waals surface area contributed by atoms with Gasteiger partial charge < -0.3 is 20.2 Å². The van der Waals surface area contributed by atoms with Crippen molar-refractivity contribution in [1.82, 2.24) is 10.6 Å². The maximum atomic E-state index is 11.8.